The first-order valence-corrected chi connectivity index (χ1v) is 28.0. The summed E-state index contributed by atoms with van der Waals surface area (Å²) in [6, 6.07) is -1.30. The second-order valence-electron chi connectivity index (χ2n) is 21.4. The summed E-state index contributed by atoms with van der Waals surface area (Å²) >= 11 is 1.06. The number of aromatic nitrogens is 1. The molecule has 0 aliphatic carbocycles. The first-order valence-electron chi connectivity index (χ1n) is 27.0. The van der Waals surface area contributed by atoms with Crippen molar-refractivity contribution in [3.63, 3.8) is 0 Å². The Morgan fingerprint density at radius 1 is 0.750 bits per heavy atom. The van der Waals surface area contributed by atoms with Gasteiger partial charge in [-0.2, -0.15) is 0 Å². The lowest BCUT2D eigenvalue weighted by molar-refractivity contribution is -0.143. The molecule has 2 aromatic rings. The number of fused-ring (bicyclic) bond motifs is 5. The van der Waals surface area contributed by atoms with Crippen molar-refractivity contribution in [1.29, 1.82) is 0 Å². The molecule has 1 aromatic carbocycles. The van der Waals surface area contributed by atoms with Gasteiger partial charge in [-0.25, -0.2) is 0 Å². The number of nitrogens with one attached hydrogen (secondary N) is 5. The predicted octanol–water partition coefficient (Wildman–Crippen LogP) is -0.691. The van der Waals surface area contributed by atoms with E-state index in [4.69, 9.17) is 0 Å². The molecule has 0 spiro atoms. The van der Waals surface area contributed by atoms with Gasteiger partial charge in [0.15, 0.2) is 11.6 Å². The number of nitrogens with zero attached hydrogens (tertiary/aromatic N) is 4. The highest BCUT2D eigenvalue weighted by molar-refractivity contribution is 7.99. The molecule has 10 amide bonds. The Labute approximate surface area is 465 Å². The van der Waals surface area contributed by atoms with E-state index in [9.17, 15) is 72.5 Å². The van der Waals surface area contributed by atoms with Crippen LogP contribution in [-0.2, 0) is 75.2 Å². The number of benzene rings is 1. The average Bonchev–Trinajstić information content (AvgIpc) is 4.16. The topological polar surface area (TPSA) is 339 Å². The standard InChI is InChI=1S/C55H69N9O15S/c1-6-28(2)19-40-52(77)56-30(4)44(69)25-36(31(5)65)51(76)59-41-27-80-54-38(22-33(50(75)58-40)23-43(68)29(3)57-53(78)42-24-35(67)26-64(42)55(41)79)37-21-32(7-9-39(37)60-54)20-34(66)8-10-45(70)61(15-17-62-46(71)11-12-47(62)72)16-18-63-48(73)13-14-49(63)74/h7,9,11-14,21,28-31,33,35-36,40-42,60,65,67H,6,8,10,15-20,22-27H2,1-5H3,(H,56,77)(H,57,78)(H,58,75)(H,59,76)/t28?,29-,30-,31?,33+,35+,36+,40-,41+,42-/m0/s1. The molecule has 1 aromatic heterocycles. The van der Waals surface area contributed by atoms with Crippen LogP contribution in [0.1, 0.15) is 90.7 Å². The zero-order chi connectivity index (χ0) is 58.3. The third-order valence-corrected chi connectivity index (χ3v) is 16.6. The minimum atomic E-state index is -1.46. The molecule has 6 heterocycles. The number of aliphatic hydroxyl groups excluding tert-OH is 2. The summed E-state index contributed by atoms with van der Waals surface area (Å²) in [7, 11) is 0. The lowest BCUT2D eigenvalue weighted by atomic mass is 9.90. The fourth-order valence-corrected chi connectivity index (χ4v) is 11.4. The number of aromatic amines is 1. The Hall–Kier alpha value is -7.38. The van der Waals surface area contributed by atoms with Crippen LogP contribution in [0.5, 0.6) is 0 Å². The van der Waals surface area contributed by atoms with Crippen LogP contribution >= 0.6 is 11.8 Å². The van der Waals surface area contributed by atoms with E-state index in [0.29, 0.717) is 33.5 Å². The summed E-state index contributed by atoms with van der Waals surface area (Å²) in [5, 5.41) is 33.5. The first kappa shape index (κ1) is 60.3. The zero-order valence-electron chi connectivity index (χ0n) is 45.3. The second-order valence-corrected chi connectivity index (χ2v) is 22.4. The number of H-pyrrole nitrogens is 1. The molecule has 7 N–H and O–H groups in total. The Morgan fingerprint density at radius 2 is 1.35 bits per heavy atom. The quantitative estimate of drug-likeness (QED) is 0.109. The van der Waals surface area contributed by atoms with Gasteiger partial charge in [0.1, 0.15) is 23.9 Å². The van der Waals surface area contributed by atoms with Gasteiger partial charge in [0.25, 0.3) is 23.6 Å². The van der Waals surface area contributed by atoms with Crippen molar-refractivity contribution in [1.82, 2.24) is 45.9 Å². The van der Waals surface area contributed by atoms with Crippen LogP contribution < -0.4 is 21.3 Å². The molecule has 5 aliphatic heterocycles. The molecule has 1 saturated heterocycles. The van der Waals surface area contributed by atoms with E-state index >= 15 is 0 Å². The molecule has 2 bridgehead atoms. The Kier molecular flexibility index (Phi) is 19.8. The lowest BCUT2D eigenvalue weighted by Gasteiger charge is -2.30. The third kappa shape index (κ3) is 14.5. The number of imide groups is 2. The van der Waals surface area contributed by atoms with Crippen LogP contribution in [0.15, 0.2) is 47.5 Å². The molecule has 10 atom stereocenters. The van der Waals surface area contributed by atoms with Gasteiger partial charge in [-0.3, -0.25) is 72.1 Å². The van der Waals surface area contributed by atoms with Crippen molar-refractivity contribution >= 4 is 99.1 Å². The smallest absolute Gasteiger partial charge is 0.253 e. The van der Waals surface area contributed by atoms with Gasteiger partial charge in [-0.1, -0.05) is 26.3 Å². The van der Waals surface area contributed by atoms with Crippen LogP contribution in [0.4, 0.5) is 0 Å². The summed E-state index contributed by atoms with van der Waals surface area (Å²) in [4.78, 5) is 184. The van der Waals surface area contributed by atoms with Crippen LogP contribution in [-0.4, -0.2) is 192 Å². The number of thioether (sulfide) groups is 1. The SMILES string of the molecule is CCC(C)C[C@@H]1NC(=O)[C@H]2CC(=O)[C@H](C)NC(=O)[C@@H]3C[C@@H](O)CN3C(=O)[C@@H](CSc3[nH]c4ccc(CC(=O)CCC(=O)N(CCN5C(=O)C=CC5=O)CCN5C(=O)C=CC5=O)cc4c3C2)NC(=O)[C@@H](C(C)O)CC(=O)[C@H](C)NC1=O. The highest BCUT2D eigenvalue weighted by Gasteiger charge is 2.44. The van der Waals surface area contributed by atoms with E-state index in [-0.39, 0.29) is 88.7 Å². The average molecular weight is 1130 g/mol. The van der Waals surface area contributed by atoms with Gasteiger partial charge < -0.3 is 46.3 Å². The largest absolute Gasteiger partial charge is 0.393 e. The molecule has 25 heteroatoms. The van der Waals surface area contributed by atoms with Crippen molar-refractivity contribution in [2.24, 2.45) is 17.8 Å². The normalized spacial score (nSPS) is 26.3. The summed E-state index contributed by atoms with van der Waals surface area (Å²) < 4.78 is 0. The van der Waals surface area contributed by atoms with Crippen molar-refractivity contribution in [2.45, 2.75) is 140 Å². The number of carbonyl (C=O) groups excluding carboxylic acids is 13. The zero-order valence-corrected chi connectivity index (χ0v) is 46.1. The van der Waals surface area contributed by atoms with Gasteiger partial charge >= 0.3 is 0 Å². The predicted molar refractivity (Wildman–Crippen MR) is 286 cm³/mol. The van der Waals surface area contributed by atoms with Crippen LogP contribution in [0.3, 0.4) is 0 Å². The molecule has 24 nitrogen and oxygen atoms in total. The van der Waals surface area contributed by atoms with Crippen molar-refractivity contribution in [3.8, 4) is 0 Å². The number of carbonyl (C=O) groups is 13. The van der Waals surface area contributed by atoms with Gasteiger partial charge in [0, 0.05) is 118 Å². The molecule has 1 fully saturated rings. The van der Waals surface area contributed by atoms with Gasteiger partial charge in [-0.05, 0) is 62.8 Å². The molecule has 0 saturated carbocycles. The van der Waals surface area contributed by atoms with E-state index in [2.05, 4.69) is 26.3 Å². The fraction of sp³-hybridized carbons (Fsp3) is 0.545. The molecule has 430 valence electrons. The number of hydrogen-bond donors (Lipinski definition) is 7. The summed E-state index contributed by atoms with van der Waals surface area (Å²) in [5.74, 6) is -11.2. The van der Waals surface area contributed by atoms with E-state index in [1.165, 1.54) is 25.7 Å². The highest BCUT2D eigenvalue weighted by Crippen LogP contribution is 2.35. The molecule has 7 rings (SSSR count). The number of amides is 10. The summed E-state index contributed by atoms with van der Waals surface area (Å²) in [6.07, 6.45) is 0.390. The molecule has 0 radical (unpaired) electrons. The van der Waals surface area contributed by atoms with E-state index in [0.717, 1.165) is 50.8 Å². The summed E-state index contributed by atoms with van der Waals surface area (Å²) in [6.45, 7) is 6.97. The Bertz CT molecular complexity index is 2840. The Morgan fingerprint density at radius 3 is 1.95 bits per heavy atom. The molecular formula is C55H69N9O15S. The maximum absolute atomic E-state index is 14.9. The number of hydrogen-bond acceptors (Lipinski definition) is 16. The number of aliphatic hydroxyl groups is 2. The highest BCUT2D eigenvalue weighted by atomic mass is 32.2. The van der Waals surface area contributed by atoms with Crippen LogP contribution in [0.2, 0.25) is 0 Å². The van der Waals surface area contributed by atoms with Gasteiger partial charge in [-0.15, -0.1) is 11.8 Å². The molecule has 2 unspecified atom stereocenters. The monoisotopic (exact) mass is 1130 g/mol. The van der Waals surface area contributed by atoms with Crippen LogP contribution in [0, 0.1) is 17.8 Å². The van der Waals surface area contributed by atoms with E-state index < -0.39 is 138 Å². The fourth-order valence-electron chi connectivity index (χ4n) is 10.3. The number of ketones is 3. The van der Waals surface area contributed by atoms with Gasteiger partial charge in [0.05, 0.1) is 35.2 Å². The molecule has 80 heavy (non-hydrogen) atoms. The van der Waals surface area contributed by atoms with Crippen LogP contribution in [0.25, 0.3) is 10.9 Å². The first-order chi connectivity index (χ1) is 37.9. The van der Waals surface area contributed by atoms with Crippen molar-refractivity contribution < 1.29 is 72.5 Å². The van der Waals surface area contributed by atoms with E-state index in [1.54, 1.807) is 18.2 Å². The third-order valence-electron chi connectivity index (χ3n) is 15.4. The van der Waals surface area contributed by atoms with Crippen molar-refractivity contribution in [2.75, 3.05) is 38.5 Å². The van der Waals surface area contributed by atoms with E-state index in [1.807, 2.05) is 13.8 Å². The van der Waals surface area contributed by atoms with Gasteiger partial charge in [0.2, 0.25) is 35.4 Å². The minimum absolute atomic E-state index is 0.116. The van der Waals surface area contributed by atoms with Crippen molar-refractivity contribution in [3.05, 3.63) is 53.6 Å². The summed E-state index contributed by atoms with van der Waals surface area (Å²) in [5.41, 5.74) is 1.44. The maximum Gasteiger partial charge on any atom is 0.253 e. The number of rotatable bonds is 15. The Balaban J connectivity index is 1.24. The lowest BCUT2D eigenvalue weighted by Crippen LogP contribution is -2.57. The minimum Gasteiger partial charge on any atom is -0.393 e. The molecule has 5 aliphatic rings. The number of Topliss-reactive ketones (excluding diaryl/α,β-unsaturated/α-hetero) is 3. The maximum atomic E-state index is 14.9. The molecular weight excluding hydrogens is 1060 g/mol. The second kappa shape index (κ2) is 26.3.